The first-order valence-electron chi connectivity index (χ1n) is 6.53. The predicted molar refractivity (Wildman–Crippen MR) is 70.1 cm³/mol. The summed E-state index contributed by atoms with van der Waals surface area (Å²) in [7, 11) is 0. The van der Waals surface area contributed by atoms with Crippen LogP contribution < -0.4 is 10.6 Å². The number of nitrogens with zero attached hydrogens (tertiary/aromatic N) is 1. The number of piperidine rings is 1. The number of aryl methyl sites for hydroxylation is 1. The Morgan fingerprint density at radius 2 is 1.89 bits per heavy atom. The average Bonchev–Trinajstić information content (AvgIpc) is 2.37. The Morgan fingerprint density at radius 1 is 1.26 bits per heavy atom. The molecule has 1 fully saturated rings. The first kappa shape index (κ1) is 14.2. The van der Waals surface area contributed by atoms with E-state index in [1.165, 1.54) is 0 Å². The molecule has 1 aromatic carbocycles. The van der Waals surface area contributed by atoms with Gasteiger partial charge in [0.25, 0.3) is 0 Å². The molecule has 0 spiro atoms. The van der Waals surface area contributed by atoms with E-state index in [9.17, 15) is 13.2 Å². The van der Waals surface area contributed by atoms with Gasteiger partial charge in [0.2, 0.25) is 0 Å². The van der Waals surface area contributed by atoms with E-state index in [1.54, 1.807) is 0 Å². The summed E-state index contributed by atoms with van der Waals surface area (Å²) in [6, 6.07) is 5.95. The van der Waals surface area contributed by atoms with Crippen LogP contribution in [0.3, 0.4) is 0 Å². The highest BCUT2D eigenvalue weighted by atomic mass is 19.4. The van der Waals surface area contributed by atoms with E-state index in [0.29, 0.717) is 19.6 Å². The molecule has 19 heavy (non-hydrogen) atoms. The zero-order valence-electron chi connectivity index (χ0n) is 11.0. The molecule has 5 heteroatoms. The Bertz CT molecular complexity index is 435. The van der Waals surface area contributed by atoms with Gasteiger partial charge in [-0.15, -0.1) is 0 Å². The van der Waals surface area contributed by atoms with E-state index >= 15 is 0 Å². The molecule has 0 aliphatic carbocycles. The van der Waals surface area contributed by atoms with Crippen molar-refractivity contribution in [3.8, 4) is 0 Å². The fourth-order valence-corrected chi connectivity index (χ4v) is 2.63. The van der Waals surface area contributed by atoms with Crippen LogP contribution in [0.15, 0.2) is 18.2 Å². The molecule has 0 unspecified atom stereocenters. The quantitative estimate of drug-likeness (QED) is 0.895. The van der Waals surface area contributed by atoms with Crippen molar-refractivity contribution < 1.29 is 13.2 Å². The molecule has 1 aromatic rings. The predicted octanol–water partition coefficient (Wildman–Crippen LogP) is 3.23. The van der Waals surface area contributed by atoms with Crippen molar-refractivity contribution in [1.82, 2.24) is 0 Å². The van der Waals surface area contributed by atoms with E-state index in [0.717, 1.165) is 16.8 Å². The minimum Gasteiger partial charge on any atom is -0.371 e. The molecule has 0 aromatic heterocycles. The largest absolute Gasteiger partial charge is 0.391 e. The SMILES string of the molecule is Cc1ccc(N2CCC(C(F)(F)F)CC2)c(CN)c1. The standard InChI is InChI=1S/C14H19F3N2/c1-10-2-3-13(11(8-10)9-18)19-6-4-12(5-7-19)14(15,16)17/h2-3,8,12H,4-7,9,18H2,1H3. The lowest BCUT2D eigenvalue weighted by Gasteiger charge is -2.35. The second kappa shape index (κ2) is 5.41. The Hall–Kier alpha value is -1.23. The molecule has 2 N–H and O–H groups in total. The molecule has 0 saturated carbocycles. The lowest BCUT2D eigenvalue weighted by atomic mass is 9.95. The summed E-state index contributed by atoms with van der Waals surface area (Å²) >= 11 is 0. The molecule has 0 radical (unpaired) electrons. The van der Waals surface area contributed by atoms with Crippen LogP contribution in [0.1, 0.15) is 24.0 Å². The Labute approximate surface area is 111 Å². The maximum absolute atomic E-state index is 12.6. The lowest BCUT2D eigenvalue weighted by molar-refractivity contribution is -0.179. The van der Waals surface area contributed by atoms with Gasteiger partial charge >= 0.3 is 6.18 Å². The zero-order chi connectivity index (χ0) is 14.0. The molecule has 0 bridgehead atoms. The Kier molecular flexibility index (Phi) is 4.04. The van der Waals surface area contributed by atoms with Crippen LogP contribution in [0.4, 0.5) is 18.9 Å². The number of rotatable bonds is 2. The topological polar surface area (TPSA) is 29.3 Å². The van der Waals surface area contributed by atoms with Crippen molar-refractivity contribution in [2.24, 2.45) is 11.7 Å². The molecule has 106 valence electrons. The van der Waals surface area contributed by atoms with Crippen molar-refractivity contribution >= 4 is 5.69 Å². The minimum absolute atomic E-state index is 0.168. The highest BCUT2D eigenvalue weighted by Crippen LogP contribution is 2.36. The van der Waals surface area contributed by atoms with Gasteiger partial charge in [-0.1, -0.05) is 17.7 Å². The summed E-state index contributed by atoms with van der Waals surface area (Å²) in [5, 5.41) is 0. The number of halogens is 3. The highest BCUT2D eigenvalue weighted by Gasteiger charge is 2.41. The van der Waals surface area contributed by atoms with E-state index in [2.05, 4.69) is 0 Å². The highest BCUT2D eigenvalue weighted by molar-refractivity contribution is 5.55. The molecule has 2 nitrogen and oxygen atoms in total. The van der Waals surface area contributed by atoms with Gasteiger partial charge in [-0.25, -0.2) is 0 Å². The third-order valence-corrected chi connectivity index (χ3v) is 3.75. The van der Waals surface area contributed by atoms with E-state index in [1.807, 2.05) is 30.0 Å². The molecule has 2 rings (SSSR count). The molecule has 1 saturated heterocycles. The molecule has 0 atom stereocenters. The van der Waals surface area contributed by atoms with Crippen molar-refractivity contribution in [1.29, 1.82) is 0 Å². The first-order chi connectivity index (χ1) is 8.91. The van der Waals surface area contributed by atoms with Gasteiger partial charge in [-0.3, -0.25) is 0 Å². The van der Waals surface area contributed by atoms with Crippen molar-refractivity contribution in [2.45, 2.75) is 32.5 Å². The number of hydrogen-bond donors (Lipinski definition) is 1. The molecule has 0 amide bonds. The van der Waals surface area contributed by atoms with E-state index in [4.69, 9.17) is 5.73 Å². The maximum atomic E-state index is 12.6. The number of alkyl halides is 3. The monoisotopic (exact) mass is 272 g/mol. The van der Waals surface area contributed by atoms with Crippen molar-refractivity contribution in [2.75, 3.05) is 18.0 Å². The second-order valence-corrected chi connectivity index (χ2v) is 5.14. The Balaban J connectivity index is 2.10. The Morgan fingerprint density at radius 3 is 2.42 bits per heavy atom. The zero-order valence-corrected chi connectivity index (χ0v) is 11.0. The fraction of sp³-hybridized carbons (Fsp3) is 0.571. The van der Waals surface area contributed by atoms with Gasteiger partial charge in [0.05, 0.1) is 5.92 Å². The molecule has 1 aliphatic rings. The molecule has 1 aliphatic heterocycles. The van der Waals surface area contributed by atoms with E-state index < -0.39 is 12.1 Å². The van der Waals surface area contributed by atoms with Crippen molar-refractivity contribution in [3.05, 3.63) is 29.3 Å². The first-order valence-corrected chi connectivity index (χ1v) is 6.53. The second-order valence-electron chi connectivity index (χ2n) is 5.14. The van der Waals surface area contributed by atoms with Gasteiger partial charge in [-0.2, -0.15) is 13.2 Å². The number of nitrogens with two attached hydrogens (primary N) is 1. The van der Waals surface area contributed by atoms with Crippen LogP contribution in [-0.2, 0) is 6.54 Å². The van der Waals surface area contributed by atoms with E-state index in [-0.39, 0.29) is 12.8 Å². The maximum Gasteiger partial charge on any atom is 0.391 e. The third-order valence-electron chi connectivity index (χ3n) is 3.75. The average molecular weight is 272 g/mol. The fourth-order valence-electron chi connectivity index (χ4n) is 2.63. The van der Waals surface area contributed by atoms with Gasteiger partial charge in [0.15, 0.2) is 0 Å². The summed E-state index contributed by atoms with van der Waals surface area (Å²) in [5.74, 6) is -1.16. The van der Waals surface area contributed by atoms with Gasteiger partial charge in [0.1, 0.15) is 0 Å². The summed E-state index contributed by atoms with van der Waals surface area (Å²) < 4.78 is 37.9. The summed E-state index contributed by atoms with van der Waals surface area (Å²) in [4.78, 5) is 2.02. The summed E-state index contributed by atoms with van der Waals surface area (Å²) in [6.07, 6.45) is -3.72. The normalized spacial score (nSPS) is 17.8. The van der Waals surface area contributed by atoms with Gasteiger partial charge in [0, 0.05) is 25.3 Å². The number of hydrogen-bond acceptors (Lipinski definition) is 2. The number of anilines is 1. The van der Waals surface area contributed by atoms with Crippen LogP contribution in [-0.4, -0.2) is 19.3 Å². The van der Waals surface area contributed by atoms with Crippen LogP contribution in [0, 0.1) is 12.8 Å². The van der Waals surface area contributed by atoms with Crippen LogP contribution in [0.5, 0.6) is 0 Å². The molecular formula is C14H19F3N2. The van der Waals surface area contributed by atoms with Gasteiger partial charge < -0.3 is 10.6 Å². The summed E-state index contributed by atoms with van der Waals surface area (Å²) in [6.45, 7) is 3.29. The minimum atomic E-state index is -4.06. The van der Waals surface area contributed by atoms with Crippen molar-refractivity contribution in [3.63, 3.8) is 0 Å². The summed E-state index contributed by atoms with van der Waals surface area (Å²) in [5.41, 5.74) is 8.82. The number of benzene rings is 1. The molecule has 1 heterocycles. The smallest absolute Gasteiger partial charge is 0.371 e. The molecular weight excluding hydrogens is 253 g/mol. The van der Waals surface area contributed by atoms with Gasteiger partial charge in [-0.05, 0) is 31.4 Å². The third kappa shape index (κ3) is 3.21. The lowest BCUT2D eigenvalue weighted by Crippen LogP contribution is -2.39. The van der Waals surface area contributed by atoms with Crippen LogP contribution >= 0.6 is 0 Å². The van der Waals surface area contributed by atoms with Crippen LogP contribution in [0.2, 0.25) is 0 Å². The van der Waals surface area contributed by atoms with Crippen LogP contribution in [0.25, 0.3) is 0 Å².